The van der Waals surface area contributed by atoms with Crippen LogP contribution >= 0.6 is 11.6 Å². The molecule has 0 saturated carbocycles. The SMILES string of the molecule is O=C(Oc1cccc(Cl)c1)[C@@]1(C(F)(F)F)CO1. The Bertz CT molecular complexity index is 454. The molecule has 17 heavy (non-hydrogen) atoms. The molecule has 0 aromatic heterocycles. The number of halogens is 4. The first-order valence-corrected chi connectivity index (χ1v) is 4.91. The summed E-state index contributed by atoms with van der Waals surface area (Å²) < 4.78 is 46.2. The van der Waals surface area contributed by atoms with Gasteiger partial charge < -0.3 is 9.47 Å². The number of esters is 1. The average Bonchev–Trinajstić information content (AvgIpc) is 2.96. The van der Waals surface area contributed by atoms with Crippen LogP contribution in [0.2, 0.25) is 5.02 Å². The topological polar surface area (TPSA) is 38.8 Å². The fourth-order valence-electron chi connectivity index (χ4n) is 1.19. The van der Waals surface area contributed by atoms with E-state index < -0.39 is 24.4 Å². The van der Waals surface area contributed by atoms with Crippen molar-refractivity contribution in [3.05, 3.63) is 29.3 Å². The third-order valence-corrected chi connectivity index (χ3v) is 2.46. The standard InChI is InChI=1S/C10H6ClF3O3/c11-6-2-1-3-7(4-6)17-8(15)9(5-16-9)10(12,13)14/h1-4H,5H2/t9-/m1/s1. The molecule has 92 valence electrons. The summed E-state index contributed by atoms with van der Waals surface area (Å²) in [7, 11) is 0. The molecule has 1 aliphatic rings. The van der Waals surface area contributed by atoms with Crippen LogP contribution in [-0.4, -0.2) is 24.4 Å². The summed E-state index contributed by atoms with van der Waals surface area (Å²) in [5, 5.41) is 0.257. The molecule has 0 radical (unpaired) electrons. The Morgan fingerprint density at radius 3 is 2.59 bits per heavy atom. The van der Waals surface area contributed by atoms with Crippen LogP contribution in [0.1, 0.15) is 0 Å². The van der Waals surface area contributed by atoms with Gasteiger partial charge in [0.2, 0.25) is 0 Å². The van der Waals surface area contributed by atoms with Gasteiger partial charge in [0, 0.05) is 5.02 Å². The van der Waals surface area contributed by atoms with Gasteiger partial charge in [0.25, 0.3) is 5.60 Å². The largest absolute Gasteiger partial charge is 0.430 e. The zero-order valence-electron chi connectivity index (χ0n) is 8.25. The molecule has 0 bridgehead atoms. The smallest absolute Gasteiger partial charge is 0.424 e. The van der Waals surface area contributed by atoms with Gasteiger partial charge in [0.05, 0.1) is 6.61 Å². The average molecular weight is 267 g/mol. The van der Waals surface area contributed by atoms with E-state index in [1.165, 1.54) is 24.3 Å². The minimum absolute atomic E-state index is 0.0541. The summed E-state index contributed by atoms with van der Waals surface area (Å²) in [6.07, 6.45) is -4.78. The van der Waals surface area contributed by atoms with Gasteiger partial charge in [0.1, 0.15) is 5.75 Å². The number of hydrogen-bond donors (Lipinski definition) is 0. The Morgan fingerprint density at radius 2 is 2.12 bits per heavy atom. The quantitative estimate of drug-likeness (QED) is 0.469. The van der Waals surface area contributed by atoms with Crippen LogP contribution in [-0.2, 0) is 9.53 Å². The number of carbonyl (C=O) groups is 1. The Balaban J connectivity index is 2.13. The lowest BCUT2D eigenvalue weighted by molar-refractivity contribution is -0.198. The molecule has 0 spiro atoms. The molecular formula is C10H6ClF3O3. The second-order valence-electron chi connectivity index (χ2n) is 3.46. The van der Waals surface area contributed by atoms with Crippen LogP contribution in [0.5, 0.6) is 5.75 Å². The highest BCUT2D eigenvalue weighted by Crippen LogP contribution is 2.44. The third-order valence-electron chi connectivity index (χ3n) is 2.23. The van der Waals surface area contributed by atoms with E-state index in [1.807, 2.05) is 0 Å². The maximum atomic E-state index is 12.5. The first kappa shape index (κ1) is 12.2. The number of carbonyl (C=O) groups excluding carboxylic acids is 1. The van der Waals surface area contributed by atoms with Crippen molar-refractivity contribution in [2.24, 2.45) is 0 Å². The highest BCUT2D eigenvalue weighted by Gasteiger charge is 2.73. The van der Waals surface area contributed by atoms with Crippen LogP contribution < -0.4 is 4.74 Å². The number of rotatable bonds is 2. The highest BCUT2D eigenvalue weighted by atomic mass is 35.5. The minimum Gasteiger partial charge on any atom is -0.424 e. The summed E-state index contributed by atoms with van der Waals surface area (Å²) in [6, 6.07) is 5.53. The lowest BCUT2D eigenvalue weighted by Crippen LogP contribution is -2.43. The normalized spacial score (nSPS) is 23.3. The van der Waals surface area contributed by atoms with E-state index in [-0.39, 0.29) is 10.8 Å². The van der Waals surface area contributed by atoms with E-state index in [0.29, 0.717) is 0 Å². The molecule has 3 nitrogen and oxygen atoms in total. The zero-order chi connectivity index (χ0) is 12.7. The van der Waals surface area contributed by atoms with Crippen LogP contribution in [0.4, 0.5) is 13.2 Å². The van der Waals surface area contributed by atoms with Gasteiger partial charge in [-0.3, -0.25) is 0 Å². The number of epoxide rings is 1. The molecule has 1 aromatic carbocycles. The molecule has 1 aromatic rings. The first-order valence-electron chi connectivity index (χ1n) is 4.54. The molecule has 0 amide bonds. The van der Waals surface area contributed by atoms with Gasteiger partial charge in [-0.1, -0.05) is 17.7 Å². The monoisotopic (exact) mass is 266 g/mol. The summed E-state index contributed by atoms with van der Waals surface area (Å²) >= 11 is 5.60. The van der Waals surface area contributed by atoms with E-state index in [0.717, 1.165) is 0 Å². The van der Waals surface area contributed by atoms with Crippen LogP contribution in [0.3, 0.4) is 0 Å². The van der Waals surface area contributed by atoms with Gasteiger partial charge in [-0.25, -0.2) is 4.79 Å². The van der Waals surface area contributed by atoms with E-state index in [2.05, 4.69) is 9.47 Å². The van der Waals surface area contributed by atoms with Crippen molar-refractivity contribution in [2.75, 3.05) is 6.61 Å². The molecule has 0 N–H and O–H groups in total. The van der Waals surface area contributed by atoms with Gasteiger partial charge >= 0.3 is 12.1 Å². The predicted molar refractivity (Wildman–Crippen MR) is 51.8 cm³/mol. The van der Waals surface area contributed by atoms with E-state index >= 15 is 0 Å². The lowest BCUT2D eigenvalue weighted by Gasteiger charge is -2.14. The van der Waals surface area contributed by atoms with Crippen LogP contribution in [0.15, 0.2) is 24.3 Å². The van der Waals surface area contributed by atoms with Crippen LogP contribution in [0.25, 0.3) is 0 Å². The Morgan fingerprint density at radius 1 is 1.47 bits per heavy atom. The van der Waals surface area contributed by atoms with Crippen molar-refractivity contribution < 1.29 is 27.4 Å². The molecule has 2 rings (SSSR count). The summed E-state index contributed by atoms with van der Waals surface area (Å²) in [5.41, 5.74) is -2.81. The molecule has 0 unspecified atom stereocenters. The summed E-state index contributed by atoms with van der Waals surface area (Å²) in [4.78, 5) is 11.3. The fourth-order valence-corrected chi connectivity index (χ4v) is 1.37. The Kier molecular flexibility index (Phi) is 2.79. The second-order valence-corrected chi connectivity index (χ2v) is 3.90. The second kappa shape index (κ2) is 3.89. The highest BCUT2D eigenvalue weighted by molar-refractivity contribution is 6.30. The van der Waals surface area contributed by atoms with Crippen molar-refractivity contribution >= 4 is 17.6 Å². The van der Waals surface area contributed by atoms with Gasteiger partial charge in [-0.05, 0) is 18.2 Å². The Hall–Kier alpha value is -1.27. The number of ether oxygens (including phenoxy) is 2. The van der Waals surface area contributed by atoms with Gasteiger partial charge in [-0.2, -0.15) is 13.2 Å². The maximum absolute atomic E-state index is 12.5. The molecule has 1 fully saturated rings. The number of alkyl halides is 3. The van der Waals surface area contributed by atoms with Crippen molar-refractivity contribution in [3.63, 3.8) is 0 Å². The van der Waals surface area contributed by atoms with Crippen molar-refractivity contribution in [2.45, 2.75) is 11.8 Å². The summed E-state index contributed by atoms with van der Waals surface area (Å²) in [6.45, 7) is -0.712. The first-order chi connectivity index (χ1) is 7.85. The van der Waals surface area contributed by atoms with Gasteiger partial charge in [-0.15, -0.1) is 0 Å². The molecule has 1 heterocycles. The zero-order valence-corrected chi connectivity index (χ0v) is 9.01. The molecule has 1 aliphatic heterocycles. The lowest BCUT2D eigenvalue weighted by atomic mass is 10.1. The molecule has 1 atom stereocenters. The molecule has 7 heteroatoms. The minimum atomic E-state index is -4.78. The van der Waals surface area contributed by atoms with E-state index in [4.69, 9.17) is 11.6 Å². The predicted octanol–water partition coefficient (Wildman–Crippen LogP) is 2.58. The molecular weight excluding hydrogens is 261 g/mol. The number of benzene rings is 1. The van der Waals surface area contributed by atoms with E-state index in [1.54, 1.807) is 0 Å². The maximum Gasteiger partial charge on any atom is 0.430 e. The summed E-state index contributed by atoms with van der Waals surface area (Å²) in [5.74, 6) is -1.53. The van der Waals surface area contributed by atoms with Gasteiger partial charge in [0.15, 0.2) is 0 Å². The third kappa shape index (κ3) is 2.23. The van der Waals surface area contributed by atoms with Crippen LogP contribution in [0, 0.1) is 0 Å². The molecule has 0 aliphatic carbocycles. The Labute approximate surface area is 99.1 Å². The number of hydrogen-bond acceptors (Lipinski definition) is 3. The molecule has 1 saturated heterocycles. The van der Waals surface area contributed by atoms with Crippen molar-refractivity contribution in [3.8, 4) is 5.75 Å². The fraction of sp³-hybridized carbons (Fsp3) is 0.300. The van der Waals surface area contributed by atoms with E-state index in [9.17, 15) is 18.0 Å². The van der Waals surface area contributed by atoms with Crippen molar-refractivity contribution in [1.29, 1.82) is 0 Å². The van der Waals surface area contributed by atoms with Crippen molar-refractivity contribution in [1.82, 2.24) is 0 Å².